The van der Waals surface area contributed by atoms with Crippen molar-refractivity contribution in [2.24, 2.45) is 0 Å². The van der Waals surface area contributed by atoms with Crippen LogP contribution >= 0.6 is 0 Å². The predicted octanol–water partition coefficient (Wildman–Crippen LogP) is 10.00. The van der Waals surface area contributed by atoms with Crippen molar-refractivity contribution < 1.29 is 49.0 Å². The van der Waals surface area contributed by atoms with Gasteiger partial charge in [-0.3, -0.25) is 9.59 Å². The summed E-state index contributed by atoms with van der Waals surface area (Å²) in [5, 5.41) is 40.1. The van der Waals surface area contributed by atoms with Gasteiger partial charge in [0.1, 0.15) is 31.0 Å². The molecule has 10 heteroatoms. The molecule has 1 saturated heterocycles. The van der Waals surface area contributed by atoms with Crippen LogP contribution in [0.5, 0.6) is 0 Å². The molecule has 338 valence electrons. The van der Waals surface area contributed by atoms with E-state index in [-0.39, 0.29) is 26.1 Å². The molecule has 1 aliphatic rings. The Balaban J connectivity index is 2.35. The van der Waals surface area contributed by atoms with E-state index in [9.17, 15) is 30.0 Å². The van der Waals surface area contributed by atoms with Crippen LogP contribution in [0, 0.1) is 0 Å². The van der Waals surface area contributed by atoms with Gasteiger partial charge in [-0.1, -0.05) is 151 Å². The van der Waals surface area contributed by atoms with Crippen molar-refractivity contribution in [3.63, 3.8) is 0 Å². The number of aliphatic hydroxyl groups is 4. The van der Waals surface area contributed by atoms with Crippen LogP contribution in [-0.4, -0.2) is 89.0 Å². The van der Waals surface area contributed by atoms with Crippen molar-refractivity contribution in [2.75, 3.05) is 19.8 Å². The zero-order valence-electron chi connectivity index (χ0n) is 36.7. The van der Waals surface area contributed by atoms with Gasteiger partial charge in [0.25, 0.3) is 0 Å². The molecule has 0 aromatic heterocycles. The Morgan fingerprint density at radius 1 is 0.525 bits per heavy atom. The third kappa shape index (κ3) is 30.8. The number of hydrogen-bond donors (Lipinski definition) is 4. The smallest absolute Gasteiger partial charge is 0.306 e. The van der Waals surface area contributed by atoms with Gasteiger partial charge in [-0.2, -0.15) is 0 Å². The van der Waals surface area contributed by atoms with E-state index in [1.165, 1.54) is 64.2 Å². The van der Waals surface area contributed by atoms with Crippen molar-refractivity contribution in [3.8, 4) is 0 Å². The van der Waals surface area contributed by atoms with Crippen LogP contribution in [0.1, 0.15) is 168 Å². The maximum Gasteiger partial charge on any atom is 0.306 e. The lowest BCUT2D eigenvalue weighted by atomic mass is 9.99. The molecule has 0 saturated carbocycles. The Labute approximate surface area is 357 Å². The Kier molecular flexibility index (Phi) is 36.1. The number of unbranched alkanes of at least 4 members (excludes halogenated alkanes) is 14. The summed E-state index contributed by atoms with van der Waals surface area (Å²) >= 11 is 0. The molecular weight excluding hydrogens is 749 g/mol. The van der Waals surface area contributed by atoms with Gasteiger partial charge >= 0.3 is 11.9 Å². The molecule has 0 radical (unpaired) electrons. The minimum absolute atomic E-state index is 0.116. The summed E-state index contributed by atoms with van der Waals surface area (Å²) in [7, 11) is 0. The van der Waals surface area contributed by atoms with E-state index in [0.29, 0.717) is 12.8 Å². The molecule has 4 N–H and O–H groups in total. The van der Waals surface area contributed by atoms with Crippen molar-refractivity contribution in [1.82, 2.24) is 0 Å². The van der Waals surface area contributed by atoms with Crippen LogP contribution in [0.3, 0.4) is 0 Å². The van der Waals surface area contributed by atoms with Crippen LogP contribution in [0.25, 0.3) is 0 Å². The van der Waals surface area contributed by atoms with E-state index in [0.717, 1.165) is 64.2 Å². The summed E-state index contributed by atoms with van der Waals surface area (Å²) in [6.07, 6.45) is 42.1. The first-order valence-electron chi connectivity index (χ1n) is 23.0. The molecule has 1 heterocycles. The first kappa shape index (κ1) is 54.2. The number of rotatable bonds is 37. The highest BCUT2D eigenvalue weighted by Crippen LogP contribution is 2.22. The molecule has 3 unspecified atom stereocenters. The Bertz CT molecular complexity index is 1190. The topological polar surface area (TPSA) is 152 Å². The average molecular weight is 831 g/mol. The minimum atomic E-state index is -1.61. The maximum absolute atomic E-state index is 12.7. The highest BCUT2D eigenvalue weighted by molar-refractivity contribution is 5.70. The van der Waals surface area contributed by atoms with Crippen LogP contribution in [-0.2, 0) is 28.5 Å². The lowest BCUT2D eigenvalue weighted by molar-refractivity contribution is -0.305. The van der Waals surface area contributed by atoms with Crippen LogP contribution < -0.4 is 0 Å². The van der Waals surface area contributed by atoms with Crippen molar-refractivity contribution >= 4 is 11.9 Å². The maximum atomic E-state index is 12.7. The molecule has 1 rings (SSSR count). The largest absolute Gasteiger partial charge is 0.462 e. The van der Waals surface area contributed by atoms with Gasteiger partial charge in [-0.15, -0.1) is 0 Å². The standard InChI is InChI=1S/C49H82O10/c1-3-5-7-9-11-13-15-17-18-19-20-21-22-23-24-26-27-29-31-33-35-37-44(51)56-40-42(41-57-49-48(55)47(54)46(53)43(39-50)59-49)58-45(52)38-36-34-32-30-28-25-16-14-12-10-8-6-4-2/h11,13,17-18,20-21,23-25,28,32,34,42-43,46-50,53-55H,3-10,12,14-16,19,22,26-27,29-31,33,35-41H2,1-2H3/b13-11+,18-17+,21-20+,24-23+,28-25+,34-32+/t42?,43-,46+,47?,48?,49-/m0/s1. The molecule has 6 atom stereocenters. The summed E-state index contributed by atoms with van der Waals surface area (Å²) in [5.41, 5.74) is 0. The van der Waals surface area contributed by atoms with Crippen LogP contribution in [0.4, 0.5) is 0 Å². The molecule has 1 aliphatic heterocycles. The summed E-state index contributed by atoms with van der Waals surface area (Å²) in [6.45, 7) is 3.29. The van der Waals surface area contributed by atoms with Gasteiger partial charge in [0, 0.05) is 12.8 Å². The van der Waals surface area contributed by atoms with Gasteiger partial charge in [-0.25, -0.2) is 0 Å². The lowest BCUT2D eigenvalue weighted by Crippen LogP contribution is -2.59. The third-order valence-corrected chi connectivity index (χ3v) is 10.1. The molecule has 0 spiro atoms. The number of esters is 2. The Hall–Kier alpha value is -2.86. The summed E-state index contributed by atoms with van der Waals surface area (Å²) in [6, 6.07) is 0. The van der Waals surface area contributed by atoms with Crippen LogP contribution in [0.2, 0.25) is 0 Å². The van der Waals surface area contributed by atoms with Gasteiger partial charge in [0.15, 0.2) is 12.4 Å². The first-order valence-corrected chi connectivity index (χ1v) is 23.0. The molecule has 1 fully saturated rings. The zero-order chi connectivity index (χ0) is 43.0. The van der Waals surface area contributed by atoms with E-state index in [1.54, 1.807) is 0 Å². The van der Waals surface area contributed by atoms with E-state index >= 15 is 0 Å². The van der Waals surface area contributed by atoms with Crippen molar-refractivity contribution in [1.29, 1.82) is 0 Å². The SMILES string of the molecule is CCCCC/C=C/C/C=C/C/C=C/C/C=C/CCCCCCCC(=O)OCC(CO[C@H]1O[C@@H](CO)[C@@H](O)C(O)C1O)OC(=O)CC/C=C/C/C=C/CCCCCCCC. The molecule has 0 amide bonds. The second-order valence-corrected chi connectivity index (χ2v) is 15.5. The zero-order valence-corrected chi connectivity index (χ0v) is 36.7. The number of carbonyl (C=O) groups excluding carboxylic acids is 2. The fourth-order valence-electron chi connectivity index (χ4n) is 6.40. The van der Waals surface area contributed by atoms with E-state index in [4.69, 9.17) is 18.9 Å². The summed E-state index contributed by atoms with van der Waals surface area (Å²) in [5.74, 6) is -0.912. The van der Waals surface area contributed by atoms with E-state index in [1.807, 2.05) is 12.2 Å². The van der Waals surface area contributed by atoms with Crippen LogP contribution in [0.15, 0.2) is 72.9 Å². The quantitative estimate of drug-likeness (QED) is 0.0271. The minimum Gasteiger partial charge on any atom is -0.462 e. The molecule has 0 aromatic carbocycles. The second-order valence-electron chi connectivity index (χ2n) is 15.5. The van der Waals surface area contributed by atoms with Crippen molar-refractivity contribution in [2.45, 2.75) is 205 Å². The lowest BCUT2D eigenvalue weighted by Gasteiger charge is -2.39. The van der Waals surface area contributed by atoms with Gasteiger partial charge in [0.05, 0.1) is 13.2 Å². The third-order valence-electron chi connectivity index (χ3n) is 10.1. The molecule has 0 bridgehead atoms. The molecule has 0 aromatic rings. The van der Waals surface area contributed by atoms with Gasteiger partial charge in [0.2, 0.25) is 0 Å². The number of hydrogen-bond acceptors (Lipinski definition) is 10. The highest BCUT2D eigenvalue weighted by Gasteiger charge is 2.44. The monoisotopic (exact) mass is 831 g/mol. The normalized spacial score (nSPS) is 20.7. The van der Waals surface area contributed by atoms with Gasteiger partial charge in [-0.05, 0) is 77.0 Å². The average Bonchev–Trinajstić information content (AvgIpc) is 3.23. The van der Waals surface area contributed by atoms with Crippen molar-refractivity contribution in [3.05, 3.63) is 72.9 Å². The number of allylic oxidation sites excluding steroid dienone is 12. The molecule has 10 nitrogen and oxygen atoms in total. The first-order chi connectivity index (χ1) is 28.8. The highest BCUT2D eigenvalue weighted by atomic mass is 16.7. The molecule has 59 heavy (non-hydrogen) atoms. The molecular formula is C49H82O10. The fourth-order valence-corrected chi connectivity index (χ4v) is 6.40. The Morgan fingerprint density at radius 2 is 0.983 bits per heavy atom. The van der Waals surface area contributed by atoms with Gasteiger partial charge < -0.3 is 39.4 Å². The fraction of sp³-hybridized carbons (Fsp3) is 0.714. The molecule has 0 aliphatic carbocycles. The second kappa shape index (κ2) is 39.3. The number of aliphatic hydroxyl groups excluding tert-OH is 4. The summed E-state index contributed by atoms with van der Waals surface area (Å²) < 4.78 is 22.1. The Morgan fingerprint density at radius 3 is 1.53 bits per heavy atom. The summed E-state index contributed by atoms with van der Waals surface area (Å²) in [4.78, 5) is 25.3. The number of carbonyl (C=O) groups is 2. The predicted molar refractivity (Wildman–Crippen MR) is 238 cm³/mol. The number of ether oxygens (including phenoxy) is 4. The van der Waals surface area contributed by atoms with E-state index < -0.39 is 55.4 Å². The van der Waals surface area contributed by atoms with E-state index in [2.05, 4.69) is 74.6 Å².